The summed E-state index contributed by atoms with van der Waals surface area (Å²) < 4.78 is 0. The minimum Gasteiger partial charge on any atom is -0.353 e. The van der Waals surface area contributed by atoms with E-state index in [4.69, 9.17) is 11.6 Å². The van der Waals surface area contributed by atoms with Crippen LogP contribution in [0.15, 0.2) is 24.3 Å². The second kappa shape index (κ2) is 3.62. The molecule has 1 aliphatic rings. The fourth-order valence-electron chi connectivity index (χ4n) is 1.64. The van der Waals surface area contributed by atoms with Crippen molar-refractivity contribution in [2.45, 2.75) is 24.8 Å². The van der Waals surface area contributed by atoms with Crippen LogP contribution in [0, 0.1) is 0 Å². The van der Waals surface area contributed by atoms with Gasteiger partial charge >= 0.3 is 0 Å². The number of hydrogen-bond acceptors (Lipinski definition) is 1. The summed E-state index contributed by atoms with van der Waals surface area (Å²) in [5.41, 5.74) is 1.26. The van der Waals surface area contributed by atoms with Crippen LogP contribution in [0.25, 0.3) is 0 Å². The molecule has 0 spiro atoms. The third kappa shape index (κ3) is 2.07. The molecule has 0 bridgehead atoms. The average Bonchev–Trinajstić information content (AvgIpc) is 2.90. The van der Waals surface area contributed by atoms with Gasteiger partial charge in [-0.15, -0.1) is 0 Å². The first-order chi connectivity index (χ1) is 6.74. The molecular weight excluding hydrogens is 198 g/mol. The van der Waals surface area contributed by atoms with Crippen LogP contribution in [0.4, 0.5) is 0 Å². The van der Waals surface area contributed by atoms with Gasteiger partial charge in [0, 0.05) is 10.6 Å². The molecular formula is C11H12ClNO. The normalized spacial score (nSPS) is 17.5. The molecule has 0 unspecified atom stereocenters. The standard InChI is InChI=1S/C11H12ClNO/c12-10-3-1-9(2-4-10)7-11(5-6-11)13-8-14/h1-4,8H,5-7H2,(H,13,14). The lowest BCUT2D eigenvalue weighted by molar-refractivity contribution is -0.110. The summed E-state index contributed by atoms with van der Waals surface area (Å²) >= 11 is 5.79. The van der Waals surface area contributed by atoms with Crippen LogP contribution in [-0.4, -0.2) is 11.9 Å². The summed E-state index contributed by atoms with van der Waals surface area (Å²) in [5, 5.41) is 3.63. The molecule has 1 aromatic rings. The van der Waals surface area contributed by atoms with Crippen molar-refractivity contribution in [3.8, 4) is 0 Å². The number of carbonyl (C=O) groups is 1. The van der Waals surface area contributed by atoms with Gasteiger partial charge < -0.3 is 5.32 Å². The zero-order valence-corrected chi connectivity index (χ0v) is 8.55. The molecule has 0 radical (unpaired) electrons. The van der Waals surface area contributed by atoms with Gasteiger partial charge in [-0.2, -0.15) is 0 Å². The topological polar surface area (TPSA) is 29.1 Å². The highest BCUT2D eigenvalue weighted by Gasteiger charge is 2.41. The van der Waals surface area contributed by atoms with E-state index in [2.05, 4.69) is 5.32 Å². The maximum atomic E-state index is 10.4. The fraction of sp³-hybridized carbons (Fsp3) is 0.364. The number of benzene rings is 1. The summed E-state index contributed by atoms with van der Waals surface area (Å²) in [5.74, 6) is 0. The van der Waals surface area contributed by atoms with E-state index in [1.54, 1.807) is 0 Å². The second-order valence-electron chi connectivity index (χ2n) is 3.85. The van der Waals surface area contributed by atoms with Crippen LogP contribution >= 0.6 is 11.6 Å². The number of hydrogen-bond donors (Lipinski definition) is 1. The molecule has 0 saturated heterocycles. The van der Waals surface area contributed by atoms with Crippen molar-refractivity contribution < 1.29 is 4.79 Å². The van der Waals surface area contributed by atoms with Crippen LogP contribution in [0.3, 0.4) is 0 Å². The molecule has 74 valence electrons. The van der Waals surface area contributed by atoms with Crippen molar-refractivity contribution in [3.63, 3.8) is 0 Å². The van der Waals surface area contributed by atoms with E-state index in [0.29, 0.717) is 0 Å². The molecule has 1 aromatic carbocycles. The lowest BCUT2D eigenvalue weighted by Gasteiger charge is -2.13. The fourth-order valence-corrected chi connectivity index (χ4v) is 1.77. The SMILES string of the molecule is O=CNC1(Cc2ccc(Cl)cc2)CC1. The van der Waals surface area contributed by atoms with Crippen molar-refractivity contribution in [3.05, 3.63) is 34.9 Å². The van der Waals surface area contributed by atoms with E-state index in [-0.39, 0.29) is 5.54 Å². The second-order valence-corrected chi connectivity index (χ2v) is 4.28. The van der Waals surface area contributed by atoms with Gasteiger partial charge in [0.25, 0.3) is 0 Å². The largest absolute Gasteiger partial charge is 0.353 e. The third-order valence-corrected chi connectivity index (χ3v) is 2.93. The molecule has 0 aromatic heterocycles. The molecule has 1 fully saturated rings. The van der Waals surface area contributed by atoms with Crippen molar-refractivity contribution in [1.82, 2.24) is 5.32 Å². The minimum atomic E-state index is 0.0373. The van der Waals surface area contributed by atoms with E-state index < -0.39 is 0 Å². The van der Waals surface area contributed by atoms with Crippen molar-refractivity contribution in [1.29, 1.82) is 0 Å². The molecule has 1 N–H and O–H groups in total. The zero-order valence-electron chi connectivity index (χ0n) is 7.79. The maximum Gasteiger partial charge on any atom is 0.207 e. The predicted molar refractivity (Wildman–Crippen MR) is 56.3 cm³/mol. The molecule has 1 amide bonds. The third-order valence-electron chi connectivity index (χ3n) is 2.67. The number of rotatable bonds is 4. The Bertz CT molecular complexity index is 330. The van der Waals surface area contributed by atoms with Gasteiger partial charge in [-0.25, -0.2) is 0 Å². The first-order valence-electron chi connectivity index (χ1n) is 4.70. The minimum absolute atomic E-state index is 0.0373. The number of nitrogens with one attached hydrogen (secondary N) is 1. The van der Waals surface area contributed by atoms with Gasteiger partial charge in [0.2, 0.25) is 6.41 Å². The Morgan fingerprint density at radius 3 is 2.50 bits per heavy atom. The van der Waals surface area contributed by atoms with Crippen LogP contribution in [0.1, 0.15) is 18.4 Å². The van der Waals surface area contributed by atoms with Crippen LogP contribution in [-0.2, 0) is 11.2 Å². The summed E-state index contributed by atoms with van der Waals surface area (Å²) in [6.45, 7) is 0. The molecule has 1 saturated carbocycles. The average molecular weight is 210 g/mol. The van der Waals surface area contributed by atoms with E-state index in [1.807, 2.05) is 24.3 Å². The molecule has 0 heterocycles. The van der Waals surface area contributed by atoms with Crippen LogP contribution < -0.4 is 5.32 Å². The van der Waals surface area contributed by atoms with Crippen LogP contribution in [0.2, 0.25) is 5.02 Å². The van der Waals surface area contributed by atoms with Gasteiger partial charge in [-0.3, -0.25) is 4.79 Å². The first kappa shape index (κ1) is 9.53. The van der Waals surface area contributed by atoms with E-state index in [0.717, 1.165) is 30.7 Å². The number of carbonyl (C=O) groups excluding carboxylic acids is 1. The smallest absolute Gasteiger partial charge is 0.207 e. The van der Waals surface area contributed by atoms with Crippen LogP contribution in [0.5, 0.6) is 0 Å². The molecule has 2 rings (SSSR count). The van der Waals surface area contributed by atoms with E-state index in [1.165, 1.54) is 5.56 Å². The van der Waals surface area contributed by atoms with Crippen molar-refractivity contribution >= 4 is 18.0 Å². The van der Waals surface area contributed by atoms with E-state index >= 15 is 0 Å². The predicted octanol–water partition coefficient (Wildman–Crippen LogP) is 2.16. The Morgan fingerprint density at radius 2 is 2.00 bits per heavy atom. The first-order valence-corrected chi connectivity index (χ1v) is 5.08. The Morgan fingerprint density at radius 1 is 1.36 bits per heavy atom. The van der Waals surface area contributed by atoms with Gasteiger partial charge in [0.15, 0.2) is 0 Å². The molecule has 2 nitrogen and oxygen atoms in total. The van der Waals surface area contributed by atoms with Crippen molar-refractivity contribution in [2.75, 3.05) is 0 Å². The molecule has 0 aliphatic heterocycles. The molecule has 0 atom stereocenters. The Kier molecular flexibility index (Phi) is 2.46. The Hall–Kier alpha value is -1.02. The highest BCUT2D eigenvalue weighted by atomic mass is 35.5. The maximum absolute atomic E-state index is 10.4. The Labute approximate surface area is 88.3 Å². The number of halogens is 1. The summed E-state index contributed by atoms with van der Waals surface area (Å²) in [6.07, 6.45) is 3.86. The molecule has 3 heteroatoms. The van der Waals surface area contributed by atoms with Gasteiger partial charge in [-0.05, 0) is 37.0 Å². The highest BCUT2D eigenvalue weighted by molar-refractivity contribution is 6.30. The van der Waals surface area contributed by atoms with Gasteiger partial charge in [0.05, 0.1) is 0 Å². The molecule has 14 heavy (non-hydrogen) atoms. The highest BCUT2D eigenvalue weighted by Crippen LogP contribution is 2.38. The quantitative estimate of drug-likeness (QED) is 0.757. The van der Waals surface area contributed by atoms with E-state index in [9.17, 15) is 4.79 Å². The zero-order chi connectivity index (χ0) is 10.0. The van der Waals surface area contributed by atoms with Crippen molar-refractivity contribution in [2.24, 2.45) is 0 Å². The lowest BCUT2D eigenvalue weighted by Crippen LogP contribution is -2.31. The summed E-state index contributed by atoms with van der Waals surface area (Å²) in [4.78, 5) is 10.4. The summed E-state index contributed by atoms with van der Waals surface area (Å²) in [7, 11) is 0. The van der Waals surface area contributed by atoms with Gasteiger partial charge in [0.1, 0.15) is 0 Å². The summed E-state index contributed by atoms with van der Waals surface area (Å²) in [6, 6.07) is 7.78. The Balaban J connectivity index is 2.03. The lowest BCUT2D eigenvalue weighted by atomic mass is 10.0. The monoisotopic (exact) mass is 209 g/mol. The number of amides is 1. The van der Waals surface area contributed by atoms with Gasteiger partial charge in [-0.1, -0.05) is 23.7 Å². The molecule has 1 aliphatic carbocycles.